The van der Waals surface area contributed by atoms with Crippen molar-refractivity contribution in [2.24, 2.45) is 0 Å². The Morgan fingerprint density at radius 2 is 1.68 bits per heavy atom. The summed E-state index contributed by atoms with van der Waals surface area (Å²) in [5.74, 6) is 0.0292. The van der Waals surface area contributed by atoms with Crippen molar-refractivity contribution in [3.63, 3.8) is 0 Å². The summed E-state index contributed by atoms with van der Waals surface area (Å²) in [6.07, 6.45) is 0.559. The first-order valence-corrected chi connectivity index (χ1v) is 9.86. The predicted octanol–water partition coefficient (Wildman–Crippen LogP) is 2.99. The molecule has 2 aromatic rings. The molecule has 2 fully saturated rings. The fraction of sp³-hybridized carbons (Fsp3) is 0.391. The van der Waals surface area contributed by atoms with E-state index in [0.717, 1.165) is 11.1 Å². The molecule has 0 saturated carbocycles. The van der Waals surface area contributed by atoms with Crippen molar-refractivity contribution >= 4 is 11.9 Å². The van der Waals surface area contributed by atoms with Crippen LogP contribution in [0.5, 0.6) is 0 Å². The van der Waals surface area contributed by atoms with Gasteiger partial charge in [0.15, 0.2) is 0 Å². The first kappa shape index (κ1) is 18.5. The van der Waals surface area contributed by atoms with Gasteiger partial charge in [-0.1, -0.05) is 48.5 Å². The number of nitrogens with zero attached hydrogens (tertiary/aromatic N) is 3. The number of likely N-dealkylation sites (N-methyl/N-ethyl adjacent to an activating group) is 1. The van der Waals surface area contributed by atoms with Crippen LogP contribution in [-0.4, -0.2) is 58.9 Å². The van der Waals surface area contributed by atoms with Crippen LogP contribution in [0.25, 0.3) is 0 Å². The van der Waals surface area contributed by atoms with E-state index in [-0.39, 0.29) is 18.0 Å². The van der Waals surface area contributed by atoms with Crippen molar-refractivity contribution in [2.75, 3.05) is 20.1 Å². The highest BCUT2D eigenvalue weighted by molar-refractivity contribution is 5.90. The molecule has 0 spiro atoms. The topological polar surface area (TPSA) is 43.9 Å². The van der Waals surface area contributed by atoms with E-state index >= 15 is 0 Å². The number of rotatable bonds is 4. The third-order valence-electron chi connectivity index (χ3n) is 6.01. The van der Waals surface area contributed by atoms with Gasteiger partial charge < -0.3 is 14.7 Å². The number of urea groups is 1. The van der Waals surface area contributed by atoms with Gasteiger partial charge in [0, 0.05) is 33.1 Å². The Hall–Kier alpha value is -2.82. The SMILES string of the molecule is Cc1ccc(CN2C[C@H]3CN(C)C(=O)[C@H](Cc4ccccc4)N3C2=O)cc1C. The van der Waals surface area contributed by atoms with Crippen LogP contribution in [0.2, 0.25) is 0 Å². The molecule has 0 bridgehead atoms. The lowest BCUT2D eigenvalue weighted by molar-refractivity contribution is -0.139. The van der Waals surface area contributed by atoms with Gasteiger partial charge in [0.1, 0.15) is 6.04 Å². The van der Waals surface area contributed by atoms with Gasteiger partial charge in [-0.25, -0.2) is 4.79 Å². The van der Waals surface area contributed by atoms with Gasteiger partial charge in [-0.3, -0.25) is 4.79 Å². The van der Waals surface area contributed by atoms with Crippen molar-refractivity contribution in [3.8, 4) is 0 Å². The van der Waals surface area contributed by atoms with Gasteiger partial charge in [0.05, 0.1) is 6.04 Å². The lowest BCUT2D eigenvalue weighted by Crippen LogP contribution is -2.60. The summed E-state index contributed by atoms with van der Waals surface area (Å²) in [6.45, 7) is 6.03. The molecule has 2 heterocycles. The van der Waals surface area contributed by atoms with E-state index in [4.69, 9.17) is 0 Å². The van der Waals surface area contributed by atoms with Crippen molar-refractivity contribution in [2.45, 2.75) is 38.9 Å². The standard InChI is InChI=1S/C23H27N3O2/c1-16-9-10-19(11-17(16)2)13-25-15-20-14-24(3)22(27)21(26(20)23(25)28)12-18-7-5-4-6-8-18/h4-11,20-21H,12-15H2,1-3H3/t20-,21+/m1/s1. The van der Waals surface area contributed by atoms with E-state index in [1.807, 2.05) is 47.2 Å². The zero-order valence-corrected chi connectivity index (χ0v) is 16.8. The third-order valence-corrected chi connectivity index (χ3v) is 6.01. The van der Waals surface area contributed by atoms with Crippen LogP contribution in [-0.2, 0) is 17.8 Å². The van der Waals surface area contributed by atoms with Crippen molar-refractivity contribution < 1.29 is 9.59 Å². The van der Waals surface area contributed by atoms with Crippen LogP contribution < -0.4 is 0 Å². The molecular weight excluding hydrogens is 350 g/mol. The molecule has 5 nitrogen and oxygen atoms in total. The largest absolute Gasteiger partial charge is 0.342 e. The molecule has 0 radical (unpaired) electrons. The number of piperazine rings is 1. The molecule has 2 aliphatic rings. The lowest BCUT2D eigenvalue weighted by atomic mass is 9.99. The molecule has 0 unspecified atom stereocenters. The molecule has 0 aliphatic carbocycles. The second-order valence-electron chi connectivity index (χ2n) is 8.07. The smallest absolute Gasteiger partial charge is 0.321 e. The highest BCUT2D eigenvalue weighted by Gasteiger charge is 2.48. The number of carbonyl (C=O) groups excluding carboxylic acids is 2. The average Bonchev–Trinajstić information content (AvgIpc) is 2.98. The quantitative estimate of drug-likeness (QED) is 0.822. The number of carbonyl (C=O) groups is 2. The van der Waals surface area contributed by atoms with Crippen molar-refractivity contribution in [1.82, 2.24) is 14.7 Å². The Morgan fingerprint density at radius 3 is 2.39 bits per heavy atom. The summed E-state index contributed by atoms with van der Waals surface area (Å²) in [5, 5.41) is 0. The Bertz CT molecular complexity index is 896. The minimum Gasteiger partial charge on any atom is -0.342 e. The fourth-order valence-corrected chi connectivity index (χ4v) is 4.33. The maximum absolute atomic E-state index is 13.2. The molecular formula is C23H27N3O2. The molecule has 0 aromatic heterocycles. The number of benzene rings is 2. The van der Waals surface area contributed by atoms with Gasteiger partial charge in [-0.05, 0) is 36.1 Å². The van der Waals surface area contributed by atoms with Crippen LogP contribution in [0.15, 0.2) is 48.5 Å². The second kappa shape index (κ2) is 7.30. The van der Waals surface area contributed by atoms with E-state index in [2.05, 4.69) is 32.0 Å². The summed E-state index contributed by atoms with van der Waals surface area (Å²) in [6, 6.07) is 15.9. The summed E-state index contributed by atoms with van der Waals surface area (Å²) in [4.78, 5) is 31.6. The number of amides is 3. The first-order chi connectivity index (χ1) is 13.4. The lowest BCUT2D eigenvalue weighted by Gasteiger charge is -2.40. The normalized spacial score (nSPS) is 22.0. The zero-order chi connectivity index (χ0) is 19.8. The molecule has 5 heteroatoms. The maximum atomic E-state index is 13.2. The monoisotopic (exact) mass is 377 g/mol. The van der Waals surface area contributed by atoms with Gasteiger partial charge in [0.2, 0.25) is 5.91 Å². The molecule has 0 N–H and O–H groups in total. The van der Waals surface area contributed by atoms with E-state index in [9.17, 15) is 9.59 Å². The minimum atomic E-state index is -0.427. The van der Waals surface area contributed by atoms with Gasteiger partial charge in [-0.15, -0.1) is 0 Å². The summed E-state index contributed by atoms with van der Waals surface area (Å²) < 4.78 is 0. The third kappa shape index (κ3) is 3.37. The minimum absolute atomic E-state index is 0.0226. The van der Waals surface area contributed by atoms with Crippen LogP contribution in [0, 0.1) is 13.8 Å². The Kier molecular flexibility index (Phi) is 4.84. The van der Waals surface area contributed by atoms with Crippen LogP contribution in [0.1, 0.15) is 22.3 Å². The summed E-state index contributed by atoms with van der Waals surface area (Å²) in [5.41, 5.74) is 4.70. The fourth-order valence-electron chi connectivity index (χ4n) is 4.33. The van der Waals surface area contributed by atoms with Gasteiger partial charge >= 0.3 is 6.03 Å². The maximum Gasteiger partial charge on any atom is 0.321 e. The van der Waals surface area contributed by atoms with E-state index in [0.29, 0.717) is 26.1 Å². The molecule has 3 amide bonds. The first-order valence-electron chi connectivity index (χ1n) is 9.86. The second-order valence-corrected chi connectivity index (χ2v) is 8.07. The number of fused-ring (bicyclic) bond motifs is 1. The zero-order valence-electron chi connectivity index (χ0n) is 16.8. The van der Waals surface area contributed by atoms with E-state index in [1.54, 1.807) is 4.90 Å². The van der Waals surface area contributed by atoms with Gasteiger partial charge in [-0.2, -0.15) is 0 Å². The van der Waals surface area contributed by atoms with Gasteiger partial charge in [0.25, 0.3) is 0 Å². The summed E-state index contributed by atoms with van der Waals surface area (Å²) >= 11 is 0. The molecule has 2 aliphatic heterocycles. The van der Waals surface area contributed by atoms with Crippen molar-refractivity contribution in [1.29, 1.82) is 0 Å². The number of hydrogen-bond donors (Lipinski definition) is 0. The highest BCUT2D eigenvalue weighted by Crippen LogP contribution is 2.28. The Labute approximate surface area is 166 Å². The molecule has 146 valence electrons. The average molecular weight is 377 g/mol. The molecule has 4 rings (SSSR count). The Morgan fingerprint density at radius 1 is 0.929 bits per heavy atom. The molecule has 28 heavy (non-hydrogen) atoms. The van der Waals surface area contributed by atoms with E-state index in [1.165, 1.54) is 11.1 Å². The van der Waals surface area contributed by atoms with Crippen LogP contribution in [0.4, 0.5) is 4.79 Å². The Balaban J connectivity index is 1.56. The van der Waals surface area contributed by atoms with Crippen LogP contribution >= 0.6 is 0 Å². The predicted molar refractivity (Wildman–Crippen MR) is 109 cm³/mol. The molecule has 2 aromatic carbocycles. The number of hydrogen-bond acceptors (Lipinski definition) is 2. The van der Waals surface area contributed by atoms with E-state index < -0.39 is 6.04 Å². The van der Waals surface area contributed by atoms with Crippen LogP contribution in [0.3, 0.4) is 0 Å². The number of aryl methyl sites for hydroxylation is 2. The molecule has 2 atom stereocenters. The summed E-state index contributed by atoms with van der Waals surface area (Å²) in [7, 11) is 1.84. The molecule has 2 saturated heterocycles. The van der Waals surface area contributed by atoms with Crippen molar-refractivity contribution in [3.05, 3.63) is 70.8 Å². The highest BCUT2D eigenvalue weighted by atomic mass is 16.2.